The highest BCUT2D eigenvalue weighted by atomic mass is 127. The molecule has 0 aliphatic carbocycles. The van der Waals surface area contributed by atoms with Gasteiger partial charge in [-0.25, -0.2) is 0 Å². The average Bonchev–Trinajstić information content (AvgIpc) is 2.73. The number of rotatable bonds is 3. The molecule has 15 heavy (non-hydrogen) atoms. The molecule has 0 saturated heterocycles. The van der Waals surface area contributed by atoms with Crippen LogP contribution in [-0.2, 0) is 0 Å². The first-order valence-corrected chi connectivity index (χ1v) is 7.04. The first kappa shape index (κ1) is 10.9. The van der Waals surface area contributed by atoms with E-state index < -0.39 is 0 Å². The lowest BCUT2D eigenvalue weighted by atomic mass is 10.1. The first-order valence-electron chi connectivity index (χ1n) is 4.63. The Hall–Kier alpha value is -0.620. The zero-order valence-electron chi connectivity index (χ0n) is 8.00. The van der Waals surface area contributed by atoms with Crippen molar-refractivity contribution in [3.63, 3.8) is 0 Å². The summed E-state index contributed by atoms with van der Waals surface area (Å²) in [4.78, 5) is 11.8. The van der Waals surface area contributed by atoms with E-state index in [2.05, 4.69) is 27.9 Å². The predicted molar refractivity (Wildman–Crippen MR) is 73.0 cm³/mol. The third-order valence-electron chi connectivity index (χ3n) is 2.10. The fourth-order valence-electron chi connectivity index (χ4n) is 1.43. The van der Waals surface area contributed by atoms with Crippen molar-refractivity contribution in [2.75, 3.05) is 11.0 Å². The van der Waals surface area contributed by atoms with Crippen molar-refractivity contribution in [1.29, 1.82) is 0 Å². The second-order valence-electron chi connectivity index (χ2n) is 3.09. The number of nitrogens with one attached hydrogen (secondary N) is 1. The maximum atomic E-state index is 11.8. The second-order valence-corrected chi connectivity index (χ2v) is 5.08. The largest absolute Gasteiger partial charge is 0.351 e. The summed E-state index contributed by atoms with van der Waals surface area (Å²) in [6.45, 7) is 0.723. The van der Waals surface area contributed by atoms with Crippen molar-refractivity contribution >= 4 is 49.9 Å². The van der Waals surface area contributed by atoms with Crippen LogP contribution in [0.5, 0.6) is 0 Å². The number of hydrogen-bond acceptors (Lipinski definition) is 2. The molecule has 1 aromatic heterocycles. The number of amides is 1. The third kappa shape index (κ3) is 2.31. The Morgan fingerprint density at radius 1 is 1.40 bits per heavy atom. The second kappa shape index (κ2) is 4.94. The summed E-state index contributed by atoms with van der Waals surface area (Å²) in [6.07, 6.45) is 0. The molecule has 0 saturated carbocycles. The summed E-state index contributed by atoms with van der Waals surface area (Å²) in [5.41, 5.74) is 0.785. The summed E-state index contributed by atoms with van der Waals surface area (Å²) in [6, 6.07) is 7.87. The number of hydrogen-bond donors (Lipinski definition) is 1. The van der Waals surface area contributed by atoms with Crippen LogP contribution in [0.15, 0.2) is 29.6 Å². The maximum Gasteiger partial charge on any atom is 0.252 e. The smallest absolute Gasteiger partial charge is 0.252 e. The van der Waals surface area contributed by atoms with Crippen molar-refractivity contribution in [3.05, 3.63) is 35.2 Å². The lowest BCUT2D eigenvalue weighted by Crippen LogP contribution is -2.25. The van der Waals surface area contributed by atoms with Gasteiger partial charge in [0.2, 0.25) is 0 Å². The molecular weight excluding hydrogens is 321 g/mol. The number of fused-ring (bicyclic) bond motifs is 1. The molecule has 0 aliphatic heterocycles. The molecule has 1 aromatic carbocycles. The van der Waals surface area contributed by atoms with Crippen LogP contribution in [0.3, 0.4) is 0 Å². The summed E-state index contributed by atoms with van der Waals surface area (Å²) in [7, 11) is 0. The molecule has 0 unspecified atom stereocenters. The Balaban J connectivity index is 2.34. The van der Waals surface area contributed by atoms with Crippen molar-refractivity contribution in [1.82, 2.24) is 5.32 Å². The molecule has 0 aliphatic rings. The molecule has 1 N–H and O–H groups in total. The van der Waals surface area contributed by atoms with Crippen LogP contribution in [0.2, 0.25) is 0 Å². The minimum Gasteiger partial charge on any atom is -0.351 e. The van der Waals surface area contributed by atoms with E-state index in [4.69, 9.17) is 0 Å². The van der Waals surface area contributed by atoms with E-state index in [1.807, 2.05) is 29.6 Å². The van der Waals surface area contributed by atoms with Gasteiger partial charge in [-0.3, -0.25) is 4.79 Å². The Morgan fingerprint density at radius 2 is 2.27 bits per heavy atom. The molecule has 0 radical (unpaired) electrons. The van der Waals surface area contributed by atoms with E-state index in [-0.39, 0.29) is 5.91 Å². The highest BCUT2D eigenvalue weighted by Crippen LogP contribution is 2.24. The quantitative estimate of drug-likeness (QED) is 0.680. The van der Waals surface area contributed by atoms with Crippen LogP contribution >= 0.6 is 33.9 Å². The van der Waals surface area contributed by atoms with Gasteiger partial charge in [0.1, 0.15) is 0 Å². The van der Waals surface area contributed by atoms with Gasteiger partial charge in [0.05, 0.1) is 5.56 Å². The monoisotopic (exact) mass is 331 g/mol. The summed E-state index contributed by atoms with van der Waals surface area (Å²) in [5, 5.41) is 6.05. The summed E-state index contributed by atoms with van der Waals surface area (Å²) in [5.74, 6) is 0.0275. The van der Waals surface area contributed by atoms with Gasteiger partial charge in [0, 0.05) is 15.7 Å². The zero-order chi connectivity index (χ0) is 10.7. The number of thiophene rings is 1. The maximum absolute atomic E-state index is 11.8. The number of halogens is 1. The van der Waals surface area contributed by atoms with Gasteiger partial charge >= 0.3 is 0 Å². The van der Waals surface area contributed by atoms with E-state index in [1.54, 1.807) is 11.3 Å². The Labute approximate surface area is 106 Å². The molecule has 78 valence electrons. The number of benzene rings is 1. The van der Waals surface area contributed by atoms with Gasteiger partial charge < -0.3 is 5.32 Å². The molecule has 2 nitrogen and oxygen atoms in total. The van der Waals surface area contributed by atoms with Crippen molar-refractivity contribution < 1.29 is 4.79 Å². The van der Waals surface area contributed by atoms with E-state index in [0.29, 0.717) is 0 Å². The van der Waals surface area contributed by atoms with Gasteiger partial charge in [-0.2, -0.15) is 0 Å². The van der Waals surface area contributed by atoms with E-state index in [0.717, 1.165) is 26.6 Å². The minimum atomic E-state index is 0.0275. The molecular formula is C11H10INOS. The SMILES string of the molecule is O=C(NCCI)c1cccc2ccsc12. The normalized spacial score (nSPS) is 10.5. The minimum absolute atomic E-state index is 0.0275. The zero-order valence-corrected chi connectivity index (χ0v) is 11.0. The standard InChI is InChI=1S/C11H10INOS/c12-5-6-13-11(14)9-3-1-2-8-4-7-15-10(8)9/h1-4,7H,5-6H2,(H,13,14). The molecule has 0 atom stereocenters. The third-order valence-corrected chi connectivity index (χ3v) is 3.61. The molecule has 0 spiro atoms. The lowest BCUT2D eigenvalue weighted by Gasteiger charge is -2.03. The topological polar surface area (TPSA) is 29.1 Å². The number of carbonyl (C=O) groups excluding carboxylic acids is 1. The average molecular weight is 331 g/mol. The Kier molecular flexibility index (Phi) is 3.58. The van der Waals surface area contributed by atoms with Crippen LogP contribution in [-0.4, -0.2) is 16.9 Å². The van der Waals surface area contributed by atoms with Gasteiger partial charge in [-0.15, -0.1) is 11.3 Å². The van der Waals surface area contributed by atoms with Crippen LogP contribution in [0, 0.1) is 0 Å². The van der Waals surface area contributed by atoms with Crippen LogP contribution < -0.4 is 5.32 Å². The fraction of sp³-hybridized carbons (Fsp3) is 0.182. The van der Waals surface area contributed by atoms with Gasteiger partial charge in [0.15, 0.2) is 0 Å². The number of alkyl halides is 1. The van der Waals surface area contributed by atoms with Gasteiger partial charge in [-0.1, -0.05) is 34.7 Å². The van der Waals surface area contributed by atoms with Crippen LogP contribution in [0.25, 0.3) is 10.1 Å². The van der Waals surface area contributed by atoms with Crippen molar-refractivity contribution in [2.45, 2.75) is 0 Å². The Bertz CT molecular complexity index is 480. The van der Waals surface area contributed by atoms with E-state index in [1.165, 1.54) is 0 Å². The fourth-order valence-corrected chi connectivity index (χ4v) is 2.61. The summed E-state index contributed by atoms with van der Waals surface area (Å²) >= 11 is 3.86. The lowest BCUT2D eigenvalue weighted by molar-refractivity contribution is 0.0958. The van der Waals surface area contributed by atoms with Gasteiger partial charge in [0.25, 0.3) is 5.91 Å². The summed E-state index contributed by atoms with van der Waals surface area (Å²) < 4.78 is 2.01. The van der Waals surface area contributed by atoms with Crippen LogP contribution in [0.1, 0.15) is 10.4 Å². The van der Waals surface area contributed by atoms with Crippen molar-refractivity contribution in [3.8, 4) is 0 Å². The highest BCUT2D eigenvalue weighted by Gasteiger charge is 2.09. The predicted octanol–water partition coefficient (Wildman–Crippen LogP) is 3.07. The van der Waals surface area contributed by atoms with Crippen LogP contribution in [0.4, 0.5) is 0 Å². The molecule has 1 heterocycles. The first-order chi connectivity index (χ1) is 7.33. The van der Waals surface area contributed by atoms with E-state index in [9.17, 15) is 4.79 Å². The highest BCUT2D eigenvalue weighted by molar-refractivity contribution is 14.1. The van der Waals surface area contributed by atoms with E-state index >= 15 is 0 Å². The molecule has 4 heteroatoms. The molecule has 2 aromatic rings. The van der Waals surface area contributed by atoms with Gasteiger partial charge in [-0.05, 0) is 22.9 Å². The molecule has 0 bridgehead atoms. The molecule has 2 rings (SSSR count). The Morgan fingerprint density at radius 3 is 3.07 bits per heavy atom. The number of carbonyl (C=O) groups is 1. The molecule has 1 amide bonds. The van der Waals surface area contributed by atoms with Crippen molar-refractivity contribution in [2.24, 2.45) is 0 Å². The molecule has 0 fully saturated rings.